The van der Waals surface area contributed by atoms with Crippen LogP contribution in [0, 0.1) is 0 Å². The minimum Gasteiger partial charge on any atom is -0.379 e. The van der Waals surface area contributed by atoms with Gasteiger partial charge in [-0.15, -0.1) is 0 Å². The SMILES string of the molecule is CCCN1C(N)=NCC1(C)COCC. The number of hydrogen-bond donors (Lipinski definition) is 1. The first kappa shape index (κ1) is 11.3. The summed E-state index contributed by atoms with van der Waals surface area (Å²) in [6, 6.07) is 0. The smallest absolute Gasteiger partial charge is 0.191 e. The van der Waals surface area contributed by atoms with Crippen LogP contribution in [0.2, 0.25) is 0 Å². The lowest BCUT2D eigenvalue weighted by Crippen LogP contribution is -2.52. The second-order valence-corrected chi connectivity index (χ2v) is 3.96. The first-order chi connectivity index (χ1) is 6.64. The lowest BCUT2D eigenvalue weighted by atomic mass is 10.0. The predicted octanol–water partition coefficient (Wildman–Crippen LogP) is 0.822. The Morgan fingerprint density at radius 2 is 2.29 bits per heavy atom. The van der Waals surface area contributed by atoms with Crippen molar-refractivity contribution < 1.29 is 4.74 Å². The van der Waals surface area contributed by atoms with E-state index in [4.69, 9.17) is 10.5 Å². The zero-order chi connectivity index (χ0) is 10.6. The largest absolute Gasteiger partial charge is 0.379 e. The summed E-state index contributed by atoms with van der Waals surface area (Å²) < 4.78 is 5.47. The number of guanidine groups is 1. The Morgan fingerprint density at radius 3 is 2.86 bits per heavy atom. The number of nitrogens with two attached hydrogens (primary N) is 1. The summed E-state index contributed by atoms with van der Waals surface area (Å²) in [4.78, 5) is 6.44. The molecule has 14 heavy (non-hydrogen) atoms. The molecule has 82 valence electrons. The summed E-state index contributed by atoms with van der Waals surface area (Å²) in [5.41, 5.74) is 5.80. The maximum absolute atomic E-state index is 5.83. The molecule has 0 aromatic heterocycles. The molecule has 0 aliphatic carbocycles. The van der Waals surface area contributed by atoms with Gasteiger partial charge < -0.3 is 15.4 Å². The van der Waals surface area contributed by atoms with Gasteiger partial charge in [-0.3, -0.25) is 4.99 Å². The van der Waals surface area contributed by atoms with Crippen LogP contribution < -0.4 is 5.73 Å². The van der Waals surface area contributed by atoms with E-state index in [2.05, 4.69) is 23.7 Å². The summed E-state index contributed by atoms with van der Waals surface area (Å²) in [7, 11) is 0. The molecule has 1 aliphatic rings. The number of rotatable bonds is 5. The Hall–Kier alpha value is -0.770. The van der Waals surface area contributed by atoms with E-state index in [0.29, 0.717) is 12.6 Å². The molecule has 1 rings (SSSR count). The fourth-order valence-corrected chi connectivity index (χ4v) is 1.75. The highest BCUT2D eigenvalue weighted by molar-refractivity contribution is 5.80. The molecule has 1 unspecified atom stereocenters. The first-order valence-corrected chi connectivity index (χ1v) is 5.29. The van der Waals surface area contributed by atoms with Crippen LogP contribution in [0.4, 0.5) is 0 Å². The monoisotopic (exact) mass is 199 g/mol. The van der Waals surface area contributed by atoms with E-state index in [1.165, 1.54) is 0 Å². The van der Waals surface area contributed by atoms with E-state index in [0.717, 1.165) is 26.1 Å². The molecule has 4 heteroatoms. The second-order valence-electron chi connectivity index (χ2n) is 3.96. The van der Waals surface area contributed by atoms with Crippen LogP contribution in [-0.2, 0) is 4.74 Å². The Balaban J connectivity index is 2.59. The summed E-state index contributed by atoms with van der Waals surface area (Å²) in [6.07, 6.45) is 1.08. The van der Waals surface area contributed by atoms with Crippen molar-refractivity contribution >= 4 is 5.96 Å². The van der Waals surface area contributed by atoms with Crippen molar-refractivity contribution in [1.82, 2.24) is 4.90 Å². The van der Waals surface area contributed by atoms with Gasteiger partial charge in [-0.05, 0) is 20.3 Å². The summed E-state index contributed by atoms with van der Waals surface area (Å²) in [5.74, 6) is 0.661. The highest BCUT2D eigenvalue weighted by Gasteiger charge is 2.37. The number of aliphatic imine (C=N–C) groups is 1. The molecule has 2 N–H and O–H groups in total. The highest BCUT2D eigenvalue weighted by Crippen LogP contribution is 2.21. The zero-order valence-electron chi connectivity index (χ0n) is 9.42. The molecule has 1 heterocycles. The van der Waals surface area contributed by atoms with Crippen molar-refractivity contribution in [3.8, 4) is 0 Å². The van der Waals surface area contributed by atoms with Gasteiger partial charge in [-0.1, -0.05) is 6.92 Å². The summed E-state index contributed by atoms with van der Waals surface area (Å²) in [6.45, 7) is 9.46. The van der Waals surface area contributed by atoms with Gasteiger partial charge >= 0.3 is 0 Å². The van der Waals surface area contributed by atoms with Crippen molar-refractivity contribution in [1.29, 1.82) is 0 Å². The van der Waals surface area contributed by atoms with Crippen molar-refractivity contribution in [3.05, 3.63) is 0 Å². The van der Waals surface area contributed by atoms with Crippen molar-refractivity contribution in [2.24, 2.45) is 10.7 Å². The minimum atomic E-state index is -0.0316. The third kappa shape index (κ3) is 2.18. The van der Waals surface area contributed by atoms with Gasteiger partial charge in [0.05, 0.1) is 18.7 Å². The van der Waals surface area contributed by atoms with Crippen LogP contribution in [0.1, 0.15) is 27.2 Å². The Labute approximate surface area is 86.1 Å². The van der Waals surface area contributed by atoms with E-state index in [1.807, 2.05) is 6.92 Å². The maximum atomic E-state index is 5.83. The molecule has 0 bridgehead atoms. The van der Waals surface area contributed by atoms with Crippen LogP contribution in [0.25, 0.3) is 0 Å². The van der Waals surface area contributed by atoms with E-state index in [9.17, 15) is 0 Å². The van der Waals surface area contributed by atoms with Crippen LogP contribution in [0.15, 0.2) is 4.99 Å². The molecule has 4 nitrogen and oxygen atoms in total. The van der Waals surface area contributed by atoms with Crippen LogP contribution in [-0.4, -0.2) is 42.7 Å². The van der Waals surface area contributed by atoms with E-state index in [-0.39, 0.29) is 5.54 Å². The molecule has 0 aromatic carbocycles. The number of hydrogen-bond acceptors (Lipinski definition) is 4. The molecule has 0 spiro atoms. The summed E-state index contributed by atoms with van der Waals surface area (Å²) in [5, 5.41) is 0. The molecule has 0 saturated carbocycles. The molecule has 0 amide bonds. The third-order valence-corrected chi connectivity index (χ3v) is 2.57. The normalized spacial score (nSPS) is 26.8. The molecular formula is C10H21N3O. The molecule has 0 aromatic rings. The zero-order valence-corrected chi connectivity index (χ0v) is 9.42. The lowest BCUT2D eigenvalue weighted by Gasteiger charge is -2.35. The van der Waals surface area contributed by atoms with Gasteiger partial charge in [0.2, 0.25) is 0 Å². The van der Waals surface area contributed by atoms with Gasteiger partial charge in [0, 0.05) is 13.2 Å². The van der Waals surface area contributed by atoms with Crippen molar-refractivity contribution in [2.45, 2.75) is 32.7 Å². The molecule has 0 radical (unpaired) electrons. The van der Waals surface area contributed by atoms with Gasteiger partial charge in [-0.25, -0.2) is 0 Å². The minimum absolute atomic E-state index is 0.0316. The second kappa shape index (κ2) is 4.64. The molecular weight excluding hydrogens is 178 g/mol. The Kier molecular flexibility index (Phi) is 3.75. The Bertz CT molecular complexity index is 217. The lowest BCUT2D eigenvalue weighted by molar-refractivity contribution is 0.0528. The average Bonchev–Trinajstić information content (AvgIpc) is 2.44. The van der Waals surface area contributed by atoms with Crippen LogP contribution in [0.5, 0.6) is 0 Å². The number of ether oxygens (including phenoxy) is 1. The third-order valence-electron chi connectivity index (χ3n) is 2.57. The number of nitrogens with zero attached hydrogens (tertiary/aromatic N) is 2. The predicted molar refractivity (Wildman–Crippen MR) is 58.4 cm³/mol. The quantitative estimate of drug-likeness (QED) is 0.713. The maximum Gasteiger partial charge on any atom is 0.191 e. The van der Waals surface area contributed by atoms with Crippen molar-refractivity contribution in [3.63, 3.8) is 0 Å². The Morgan fingerprint density at radius 1 is 1.57 bits per heavy atom. The fourth-order valence-electron chi connectivity index (χ4n) is 1.75. The molecule has 1 aliphatic heterocycles. The average molecular weight is 199 g/mol. The van der Waals surface area contributed by atoms with Gasteiger partial charge in [0.25, 0.3) is 0 Å². The van der Waals surface area contributed by atoms with E-state index < -0.39 is 0 Å². The standard InChI is InChI=1S/C10H21N3O/c1-4-6-13-9(11)12-7-10(13,3)8-14-5-2/h4-8H2,1-3H3,(H2,11,12). The first-order valence-electron chi connectivity index (χ1n) is 5.29. The van der Waals surface area contributed by atoms with E-state index in [1.54, 1.807) is 0 Å². The summed E-state index contributed by atoms with van der Waals surface area (Å²) >= 11 is 0. The topological polar surface area (TPSA) is 50.8 Å². The molecule has 1 atom stereocenters. The van der Waals surface area contributed by atoms with Gasteiger partial charge in [-0.2, -0.15) is 0 Å². The van der Waals surface area contributed by atoms with Crippen LogP contribution in [0.3, 0.4) is 0 Å². The molecule has 0 saturated heterocycles. The highest BCUT2D eigenvalue weighted by atomic mass is 16.5. The van der Waals surface area contributed by atoms with Gasteiger partial charge in [0.1, 0.15) is 0 Å². The molecule has 0 fully saturated rings. The fraction of sp³-hybridized carbons (Fsp3) is 0.900. The van der Waals surface area contributed by atoms with Crippen LogP contribution >= 0.6 is 0 Å². The van der Waals surface area contributed by atoms with E-state index >= 15 is 0 Å². The van der Waals surface area contributed by atoms with Gasteiger partial charge in [0.15, 0.2) is 5.96 Å². The van der Waals surface area contributed by atoms with Crippen molar-refractivity contribution in [2.75, 3.05) is 26.3 Å².